The minimum Gasteiger partial charge on any atom is -0.481 e. The Morgan fingerprint density at radius 2 is 1.83 bits per heavy atom. The molecule has 0 saturated heterocycles. The van der Waals surface area contributed by atoms with E-state index < -0.39 is 21.7 Å². The number of nitrogens with one attached hydrogen (secondary N) is 1. The fraction of sp³-hybridized carbons (Fsp3) is 0.250. The molecular formula is C16H17NO5S2. The summed E-state index contributed by atoms with van der Waals surface area (Å²) in [4.78, 5) is 23.1. The van der Waals surface area contributed by atoms with Crippen molar-refractivity contribution in [2.45, 2.75) is 22.4 Å². The van der Waals surface area contributed by atoms with Crippen molar-refractivity contribution in [3.05, 3.63) is 47.3 Å². The number of hydrogen-bond donors (Lipinski definition) is 2. The van der Waals surface area contributed by atoms with E-state index in [0.717, 1.165) is 11.3 Å². The normalized spacial score (nSPS) is 12.5. The van der Waals surface area contributed by atoms with Crippen molar-refractivity contribution in [2.75, 3.05) is 6.54 Å². The van der Waals surface area contributed by atoms with Crippen molar-refractivity contribution >= 4 is 33.1 Å². The molecular weight excluding hydrogens is 350 g/mol. The molecule has 2 rings (SSSR count). The molecule has 1 unspecified atom stereocenters. The Labute approximate surface area is 144 Å². The largest absolute Gasteiger partial charge is 0.481 e. The zero-order valence-corrected chi connectivity index (χ0v) is 14.6. The first-order valence-electron chi connectivity index (χ1n) is 7.20. The molecule has 0 radical (unpaired) electrons. The Hall–Kier alpha value is -2.19. The maximum absolute atomic E-state index is 12.5. The maximum Gasteiger partial charge on any atom is 0.303 e. The van der Waals surface area contributed by atoms with E-state index in [1.807, 2.05) is 0 Å². The summed E-state index contributed by atoms with van der Waals surface area (Å²) in [5.74, 6) is -1.55. The second-order valence-corrected chi connectivity index (χ2v) is 8.61. The predicted molar refractivity (Wildman–Crippen MR) is 90.0 cm³/mol. The monoisotopic (exact) mass is 367 g/mol. The standard InChI is InChI=1S/C16H17NO5S2/c1-11(9-14(18)19)10-17-16(20)13-7-8-15(23-13)24(21,22)12-5-3-2-4-6-12/h2-8,11H,9-10H2,1H3,(H,17,20)(H,18,19). The van der Waals surface area contributed by atoms with Gasteiger partial charge in [-0.1, -0.05) is 25.1 Å². The number of benzene rings is 1. The molecule has 2 aromatic rings. The van der Waals surface area contributed by atoms with E-state index in [2.05, 4.69) is 5.32 Å². The van der Waals surface area contributed by atoms with Crippen LogP contribution in [0.4, 0.5) is 0 Å². The SMILES string of the molecule is CC(CNC(=O)c1ccc(S(=O)(=O)c2ccccc2)s1)CC(=O)O. The number of rotatable bonds is 7. The molecule has 1 heterocycles. The lowest BCUT2D eigenvalue weighted by Crippen LogP contribution is -2.28. The van der Waals surface area contributed by atoms with Gasteiger partial charge in [0.15, 0.2) is 0 Å². The summed E-state index contributed by atoms with van der Waals surface area (Å²) in [7, 11) is -3.64. The second kappa shape index (κ2) is 7.59. The highest BCUT2D eigenvalue weighted by atomic mass is 32.2. The Bertz CT molecular complexity index is 827. The minimum atomic E-state index is -3.64. The molecule has 0 aliphatic carbocycles. The number of carboxylic acids is 1. The number of amides is 1. The van der Waals surface area contributed by atoms with Crippen LogP contribution in [0.5, 0.6) is 0 Å². The molecule has 2 N–H and O–H groups in total. The topological polar surface area (TPSA) is 101 Å². The van der Waals surface area contributed by atoms with Gasteiger partial charge < -0.3 is 10.4 Å². The number of aliphatic carboxylic acids is 1. The summed E-state index contributed by atoms with van der Waals surface area (Å²) in [5, 5.41) is 11.3. The average Bonchev–Trinajstić information content (AvgIpc) is 3.03. The summed E-state index contributed by atoms with van der Waals surface area (Å²) < 4.78 is 25.0. The van der Waals surface area contributed by atoms with Crippen LogP contribution in [0.1, 0.15) is 23.0 Å². The van der Waals surface area contributed by atoms with E-state index >= 15 is 0 Å². The maximum atomic E-state index is 12.5. The molecule has 0 aliphatic rings. The molecule has 0 bridgehead atoms. The van der Waals surface area contributed by atoms with Gasteiger partial charge in [0.1, 0.15) is 4.21 Å². The Kier molecular flexibility index (Phi) is 5.74. The predicted octanol–water partition coefficient (Wildman–Crippen LogP) is 2.42. The highest BCUT2D eigenvalue weighted by Crippen LogP contribution is 2.27. The summed E-state index contributed by atoms with van der Waals surface area (Å²) in [6.45, 7) is 1.93. The number of carboxylic acid groups (broad SMARTS) is 1. The molecule has 1 amide bonds. The van der Waals surface area contributed by atoms with Crippen LogP contribution in [0.2, 0.25) is 0 Å². The van der Waals surface area contributed by atoms with Crippen molar-refractivity contribution in [3.63, 3.8) is 0 Å². The molecule has 0 fully saturated rings. The molecule has 0 spiro atoms. The summed E-state index contributed by atoms with van der Waals surface area (Å²) in [6, 6.07) is 10.9. The van der Waals surface area contributed by atoms with Crippen LogP contribution in [-0.2, 0) is 14.6 Å². The van der Waals surface area contributed by atoms with E-state index in [0.29, 0.717) is 0 Å². The lowest BCUT2D eigenvalue weighted by molar-refractivity contribution is -0.137. The third kappa shape index (κ3) is 4.42. The number of hydrogen-bond acceptors (Lipinski definition) is 5. The van der Waals surface area contributed by atoms with E-state index in [4.69, 9.17) is 5.11 Å². The summed E-state index contributed by atoms with van der Waals surface area (Å²) in [6.07, 6.45) is -0.0433. The van der Waals surface area contributed by atoms with E-state index in [-0.39, 0.29) is 32.9 Å². The molecule has 1 atom stereocenters. The van der Waals surface area contributed by atoms with Crippen LogP contribution in [0.3, 0.4) is 0 Å². The second-order valence-electron chi connectivity index (χ2n) is 5.35. The van der Waals surface area contributed by atoms with Gasteiger partial charge in [-0.3, -0.25) is 9.59 Å². The van der Waals surface area contributed by atoms with Crippen molar-refractivity contribution in [1.29, 1.82) is 0 Å². The average molecular weight is 367 g/mol. The van der Waals surface area contributed by atoms with Crippen molar-refractivity contribution in [2.24, 2.45) is 5.92 Å². The molecule has 8 heteroatoms. The number of carbonyl (C=O) groups excluding carboxylic acids is 1. The third-order valence-electron chi connectivity index (χ3n) is 3.26. The molecule has 6 nitrogen and oxygen atoms in total. The van der Waals surface area contributed by atoms with E-state index in [1.165, 1.54) is 24.3 Å². The van der Waals surface area contributed by atoms with Crippen molar-refractivity contribution < 1.29 is 23.1 Å². The van der Waals surface area contributed by atoms with Gasteiger partial charge in [0.25, 0.3) is 5.91 Å². The first-order valence-corrected chi connectivity index (χ1v) is 9.50. The molecule has 24 heavy (non-hydrogen) atoms. The van der Waals surface area contributed by atoms with Gasteiger partial charge >= 0.3 is 5.97 Å². The zero-order valence-electron chi connectivity index (χ0n) is 12.9. The van der Waals surface area contributed by atoms with Crippen molar-refractivity contribution in [1.82, 2.24) is 5.32 Å². The van der Waals surface area contributed by atoms with Crippen LogP contribution >= 0.6 is 11.3 Å². The molecule has 128 valence electrons. The van der Waals surface area contributed by atoms with Crippen LogP contribution < -0.4 is 5.32 Å². The molecule has 0 saturated carbocycles. The highest BCUT2D eigenvalue weighted by Gasteiger charge is 2.21. The smallest absolute Gasteiger partial charge is 0.303 e. The number of thiophene rings is 1. The lowest BCUT2D eigenvalue weighted by atomic mass is 10.1. The van der Waals surface area contributed by atoms with Crippen LogP contribution in [0.15, 0.2) is 51.6 Å². The first kappa shape index (κ1) is 18.2. The summed E-state index contributed by atoms with van der Waals surface area (Å²) >= 11 is 0.892. The fourth-order valence-corrected chi connectivity index (χ4v) is 4.67. The van der Waals surface area contributed by atoms with Gasteiger partial charge in [-0.25, -0.2) is 8.42 Å². The molecule has 1 aromatic carbocycles. The van der Waals surface area contributed by atoms with Gasteiger partial charge in [-0.05, 0) is 30.2 Å². The summed E-state index contributed by atoms with van der Waals surface area (Å²) in [5.41, 5.74) is 0. The van der Waals surface area contributed by atoms with Gasteiger partial charge in [-0.15, -0.1) is 11.3 Å². The third-order valence-corrected chi connectivity index (χ3v) is 6.60. The van der Waals surface area contributed by atoms with Gasteiger partial charge in [0.05, 0.1) is 9.77 Å². The van der Waals surface area contributed by atoms with E-state index in [1.54, 1.807) is 25.1 Å². The quantitative estimate of drug-likeness (QED) is 0.783. The van der Waals surface area contributed by atoms with Crippen molar-refractivity contribution in [3.8, 4) is 0 Å². The Morgan fingerprint density at radius 1 is 1.17 bits per heavy atom. The lowest BCUT2D eigenvalue weighted by Gasteiger charge is -2.09. The first-order chi connectivity index (χ1) is 11.3. The number of sulfone groups is 1. The van der Waals surface area contributed by atoms with Gasteiger partial charge in [0, 0.05) is 13.0 Å². The fourth-order valence-electron chi connectivity index (χ4n) is 2.03. The molecule has 0 aliphatic heterocycles. The van der Waals surface area contributed by atoms with Gasteiger partial charge in [0.2, 0.25) is 9.84 Å². The van der Waals surface area contributed by atoms with Gasteiger partial charge in [-0.2, -0.15) is 0 Å². The van der Waals surface area contributed by atoms with Crippen LogP contribution in [0.25, 0.3) is 0 Å². The molecule has 1 aromatic heterocycles. The Morgan fingerprint density at radius 3 is 2.46 bits per heavy atom. The Balaban J connectivity index is 2.08. The van der Waals surface area contributed by atoms with E-state index in [9.17, 15) is 18.0 Å². The highest BCUT2D eigenvalue weighted by molar-refractivity contribution is 7.93. The van der Waals surface area contributed by atoms with Crippen LogP contribution in [0, 0.1) is 5.92 Å². The number of carbonyl (C=O) groups is 2. The minimum absolute atomic E-state index is 0.0433. The zero-order chi connectivity index (χ0) is 17.7. The van der Waals surface area contributed by atoms with Crippen LogP contribution in [-0.4, -0.2) is 31.9 Å².